The number of hydrogen-bond donors (Lipinski definition) is 0. The maximum atomic E-state index is 11.8. The number of anilines is 1. The lowest BCUT2D eigenvalue weighted by Gasteiger charge is -2.21. The second-order valence-corrected chi connectivity index (χ2v) is 4.67. The average Bonchev–Trinajstić information content (AvgIpc) is 2.81. The Bertz CT molecular complexity index is 530. The monoisotopic (exact) mass is 261 g/mol. The zero-order valence-electron chi connectivity index (χ0n) is 11.6. The summed E-state index contributed by atoms with van der Waals surface area (Å²) >= 11 is 0. The Balaban J connectivity index is 2.24. The van der Waals surface area contributed by atoms with Crippen molar-refractivity contribution in [1.29, 1.82) is 0 Å². The molecule has 1 aromatic heterocycles. The Hall–Kier alpha value is -2.04. The minimum absolute atomic E-state index is 0.0377. The minimum Gasteiger partial charge on any atom is -0.423 e. The van der Waals surface area contributed by atoms with Crippen LogP contribution < -0.4 is 4.90 Å². The lowest BCUT2D eigenvalue weighted by molar-refractivity contribution is -0.127. The van der Waals surface area contributed by atoms with Gasteiger partial charge >= 0.3 is 0 Å². The second-order valence-electron chi connectivity index (χ2n) is 4.67. The second kappa shape index (κ2) is 5.73. The summed E-state index contributed by atoms with van der Waals surface area (Å²) in [5, 5.41) is 0. The first-order valence-corrected chi connectivity index (χ1v) is 6.42. The van der Waals surface area contributed by atoms with Gasteiger partial charge in [-0.25, -0.2) is 0 Å². The van der Waals surface area contributed by atoms with Crippen molar-refractivity contribution in [2.75, 3.05) is 32.1 Å². The van der Waals surface area contributed by atoms with Crippen LogP contribution in [-0.4, -0.2) is 43.0 Å². The van der Waals surface area contributed by atoms with Crippen molar-refractivity contribution in [3.05, 3.63) is 24.3 Å². The van der Waals surface area contributed by atoms with Crippen LogP contribution >= 0.6 is 0 Å². The number of nitrogens with zero attached hydrogens (tertiary/aromatic N) is 3. The highest BCUT2D eigenvalue weighted by molar-refractivity contribution is 5.81. The molecule has 0 saturated heterocycles. The number of hydrogen-bond acceptors (Lipinski definition) is 4. The molecular weight excluding hydrogens is 242 g/mol. The number of oxazole rings is 1. The molecule has 2 rings (SSSR count). The van der Waals surface area contributed by atoms with Crippen LogP contribution in [0, 0.1) is 0 Å². The molecule has 0 bridgehead atoms. The molecule has 0 spiro atoms. The molecule has 102 valence electrons. The highest BCUT2D eigenvalue weighted by Crippen LogP contribution is 2.21. The lowest BCUT2D eigenvalue weighted by atomic mass is 10.3. The largest absolute Gasteiger partial charge is 0.423 e. The fourth-order valence-corrected chi connectivity index (χ4v) is 1.81. The van der Waals surface area contributed by atoms with Gasteiger partial charge in [-0.05, 0) is 18.6 Å². The maximum Gasteiger partial charge on any atom is 0.298 e. The van der Waals surface area contributed by atoms with Crippen LogP contribution in [0.25, 0.3) is 11.1 Å². The summed E-state index contributed by atoms with van der Waals surface area (Å²) < 4.78 is 5.71. The summed E-state index contributed by atoms with van der Waals surface area (Å²) in [4.78, 5) is 19.7. The Morgan fingerprint density at radius 1 is 1.32 bits per heavy atom. The summed E-state index contributed by atoms with van der Waals surface area (Å²) in [6, 6.07) is 8.12. The number of carbonyl (C=O) groups is 1. The van der Waals surface area contributed by atoms with Crippen LogP contribution in [0.1, 0.15) is 13.3 Å². The number of carbonyl (C=O) groups excluding carboxylic acids is 1. The molecule has 0 fully saturated rings. The molecule has 0 saturated carbocycles. The quantitative estimate of drug-likeness (QED) is 0.827. The molecule has 0 aliphatic heterocycles. The van der Waals surface area contributed by atoms with E-state index in [1.54, 1.807) is 19.0 Å². The number of para-hydroxylation sites is 2. The van der Waals surface area contributed by atoms with E-state index in [9.17, 15) is 4.79 Å². The number of amides is 1. The van der Waals surface area contributed by atoms with E-state index >= 15 is 0 Å². The fraction of sp³-hybridized carbons (Fsp3) is 0.429. The lowest BCUT2D eigenvalue weighted by Crippen LogP contribution is -2.37. The van der Waals surface area contributed by atoms with Gasteiger partial charge in [-0.15, -0.1) is 0 Å². The van der Waals surface area contributed by atoms with Gasteiger partial charge in [0.2, 0.25) is 5.91 Å². The Morgan fingerprint density at radius 3 is 2.68 bits per heavy atom. The predicted molar refractivity (Wildman–Crippen MR) is 75.2 cm³/mol. The van der Waals surface area contributed by atoms with Gasteiger partial charge in [0, 0.05) is 20.6 Å². The van der Waals surface area contributed by atoms with Crippen molar-refractivity contribution in [2.24, 2.45) is 0 Å². The van der Waals surface area contributed by atoms with Crippen molar-refractivity contribution >= 4 is 23.0 Å². The van der Waals surface area contributed by atoms with Crippen LogP contribution in [0.3, 0.4) is 0 Å². The number of fused-ring (bicyclic) bond motifs is 1. The fourth-order valence-electron chi connectivity index (χ4n) is 1.81. The Morgan fingerprint density at radius 2 is 2.05 bits per heavy atom. The normalized spacial score (nSPS) is 10.7. The van der Waals surface area contributed by atoms with Gasteiger partial charge in [0.1, 0.15) is 12.1 Å². The summed E-state index contributed by atoms with van der Waals surface area (Å²) in [5.74, 6) is 0.0377. The van der Waals surface area contributed by atoms with Gasteiger partial charge in [0.25, 0.3) is 6.01 Å². The van der Waals surface area contributed by atoms with E-state index in [0.29, 0.717) is 6.01 Å². The summed E-state index contributed by atoms with van der Waals surface area (Å²) in [5.41, 5.74) is 1.56. The molecule has 0 aliphatic carbocycles. The Labute approximate surface area is 112 Å². The van der Waals surface area contributed by atoms with Crippen molar-refractivity contribution in [3.8, 4) is 0 Å². The van der Waals surface area contributed by atoms with Gasteiger partial charge < -0.3 is 14.2 Å². The number of aromatic nitrogens is 1. The molecule has 5 heteroatoms. The first kappa shape index (κ1) is 13.4. The smallest absolute Gasteiger partial charge is 0.298 e. The topological polar surface area (TPSA) is 49.6 Å². The Kier molecular flexibility index (Phi) is 4.04. The zero-order valence-corrected chi connectivity index (χ0v) is 11.6. The van der Waals surface area contributed by atoms with Gasteiger partial charge in [0.05, 0.1) is 0 Å². The standard InChI is InChI=1S/C14H19N3O2/c1-4-9-17(10-13(18)16(2)3)14-15-11-7-5-6-8-12(11)19-14/h5-8H,4,9-10H2,1-3H3. The van der Waals surface area contributed by atoms with E-state index in [1.165, 1.54) is 0 Å². The molecular formula is C14H19N3O2. The molecule has 1 amide bonds. The molecule has 0 atom stereocenters. The third kappa shape index (κ3) is 3.05. The third-order valence-corrected chi connectivity index (χ3v) is 2.87. The molecule has 19 heavy (non-hydrogen) atoms. The average molecular weight is 261 g/mol. The van der Waals surface area contributed by atoms with E-state index in [-0.39, 0.29) is 12.5 Å². The highest BCUT2D eigenvalue weighted by atomic mass is 16.4. The van der Waals surface area contributed by atoms with Crippen LogP contribution in [0.15, 0.2) is 28.7 Å². The van der Waals surface area contributed by atoms with Crippen molar-refractivity contribution in [1.82, 2.24) is 9.88 Å². The third-order valence-electron chi connectivity index (χ3n) is 2.87. The van der Waals surface area contributed by atoms with E-state index in [2.05, 4.69) is 11.9 Å². The minimum atomic E-state index is 0.0377. The maximum absolute atomic E-state index is 11.8. The van der Waals surface area contributed by atoms with Crippen LogP contribution in [0.5, 0.6) is 0 Å². The van der Waals surface area contributed by atoms with Gasteiger partial charge in [0.15, 0.2) is 5.58 Å². The predicted octanol–water partition coefficient (Wildman–Crippen LogP) is 2.13. The molecule has 0 N–H and O–H groups in total. The summed E-state index contributed by atoms with van der Waals surface area (Å²) in [7, 11) is 3.50. The molecule has 5 nitrogen and oxygen atoms in total. The number of benzene rings is 1. The first-order valence-electron chi connectivity index (χ1n) is 6.42. The van der Waals surface area contributed by atoms with Crippen LogP contribution in [0.4, 0.5) is 6.01 Å². The zero-order chi connectivity index (χ0) is 13.8. The van der Waals surface area contributed by atoms with Crippen molar-refractivity contribution < 1.29 is 9.21 Å². The molecule has 1 heterocycles. The first-order chi connectivity index (χ1) is 9.11. The van der Waals surface area contributed by atoms with Gasteiger partial charge in [-0.2, -0.15) is 4.98 Å². The SMILES string of the molecule is CCCN(CC(=O)N(C)C)c1nc2ccccc2o1. The van der Waals surface area contributed by atoms with Crippen LogP contribution in [-0.2, 0) is 4.79 Å². The highest BCUT2D eigenvalue weighted by Gasteiger charge is 2.17. The number of rotatable bonds is 5. The van der Waals surface area contributed by atoms with E-state index < -0.39 is 0 Å². The molecule has 2 aromatic rings. The molecule has 1 aromatic carbocycles. The van der Waals surface area contributed by atoms with E-state index in [4.69, 9.17) is 4.42 Å². The van der Waals surface area contributed by atoms with Gasteiger partial charge in [-0.1, -0.05) is 19.1 Å². The van der Waals surface area contributed by atoms with Crippen LogP contribution in [0.2, 0.25) is 0 Å². The number of likely N-dealkylation sites (N-methyl/N-ethyl adjacent to an activating group) is 1. The summed E-state index contributed by atoms with van der Waals surface area (Å²) in [6.45, 7) is 3.09. The molecule has 0 radical (unpaired) electrons. The molecule has 0 aliphatic rings. The van der Waals surface area contributed by atoms with Gasteiger partial charge in [-0.3, -0.25) is 4.79 Å². The van der Waals surface area contributed by atoms with E-state index in [1.807, 2.05) is 29.2 Å². The molecule has 0 unspecified atom stereocenters. The van der Waals surface area contributed by atoms with Crippen molar-refractivity contribution in [3.63, 3.8) is 0 Å². The van der Waals surface area contributed by atoms with E-state index in [0.717, 1.165) is 24.1 Å². The summed E-state index contributed by atoms with van der Waals surface area (Å²) in [6.07, 6.45) is 0.930. The van der Waals surface area contributed by atoms with Crippen molar-refractivity contribution in [2.45, 2.75) is 13.3 Å².